The van der Waals surface area contributed by atoms with Crippen LogP contribution in [0.15, 0.2) is 47.3 Å². The van der Waals surface area contributed by atoms with Gasteiger partial charge in [-0.15, -0.1) is 0 Å². The number of nitrogens with zero attached hydrogens (tertiary/aromatic N) is 3. The number of carbonyl (C=O) groups is 1. The minimum absolute atomic E-state index is 0.0874. The van der Waals surface area contributed by atoms with Gasteiger partial charge in [-0.05, 0) is 12.0 Å². The van der Waals surface area contributed by atoms with Gasteiger partial charge in [0.2, 0.25) is 5.91 Å². The number of nitrogens with one attached hydrogen (secondary N) is 1. The number of aromatic amines is 1. The third kappa shape index (κ3) is 4.62. The van der Waals surface area contributed by atoms with E-state index < -0.39 is 0 Å². The molecule has 3 heterocycles. The Bertz CT molecular complexity index is 892. The summed E-state index contributed by atoms with van der Waals surface area (Å²) in [5, 5.41) is 0. The zero-order valence-electron chi connectivity index (χ0n) is 16.8. The summed E-state index contributed by atoms with van der Waals surface area (Å²) in [4.78, 5) is 34.0. The Morgan fingerprint density at radius 1 is 1.07 bits per heavy atom. The number of hydrogen-bond acceptors (Lipinski definition) is 5. The van der Waals surface area contributed by atoms with Gasteiger partial charge >= 0.3 is 0 Å². The fourth-order valence-corrected chi connectivity index (χ4v) is 4.16. The fraction of sp³-hybridized carbons (Fsp3) is 0.455. The van der Waals surface area contributed by atoms with Crippen molar-refractivity contribution >= 4 is 17.4 Å². The van der Waals surface area contributed by atoms with E-state index in [0.29, 0.717) is 32.7 Å². The number of H-pyrrole nitrogens is 1. The van der Waals surface area contributed by atoms with Crippen LogP contribution in [0.1, 0.15) is 12.0 Å². The summed E-state index contributed by atoms with van der Waals surface area (Å²) in [7, 11) is 1.86. The van der Waals surface area contributed by atoms with Crippen LogP contribution in [0.25, 0.3) is 0 Å². The van der Waals surface area contributed by atoms with E-state index in [1.54, 1.807) is 11.0 Å². The summed E-state index contributed by atoms with van der Waals surface area (Å²) in [6.07, 6.45) is 1.24. The van der Waals surface area contributed by atoms with E-state index >= 15 is 0 Å². The average molecular weight is 396 g/mol. The molecule has 7 nitrogen and oxygen atoms in total. The summed E-state index contributed by atoms with van der Waals surface area (Å²) < 4.78 is 5.44. The molecule has 1 amide bonds. The van der Waals surface area contributed by atoms with Crippen LogP contribution < -0.4 is 15.4 Å². The van der Waals surface area contributed by atoms with Crippen molar-refractivity contribution in [1.82, 2.24) is 9.88 Å². The number of benzene rings is 1. The molecule has 7 heteroatoms. The molecule has 1 atom stereocenters. The molecule has 1 aromatic carbocycles. The molecule has 0 saturated carbocycles. The molecule has 29 heavy (non-hydrogen) atoms. The highest BCUT2D eigenvalue weighted by Gasteiger charge is 2.28. The number of likely N-dealkylation sites (N-methyl/N-ethyl adjacent to an activating group) is 1. The quantitative estimate of drug-likeness (QED) is 0.848. The van der Waals surface area contributed by atoms with E-state index in [1.165, 1.54) is 5.56 Å². The minimum atomic E-state index is -0.119. The van der Waals surface area contributed by atoms with Crippen molar-refractivity contribution in [1.29, 1.82) is 0 Å². The Balaban J connectivity index is 1.66. The summed E-state index contributed by atoms with van der Waals surface area (Å²) in [5.74, 6) is 0.917. The first-order chi connectivity index (χ1) is 14.1. The Morgan fingerprint density at radius 2 is 1.83 bits per heavy atom. The molecule has 1 N–H and O–H groups in total. The molecule has 4 rings (SSSR count). The van der Waals surface area contributed by atoms with Gasteiger partial charge in [-0.1, -0.05) is 30.3 Å². The van der Waals surface area contributed by atoms with Gasteiger partial charge in [-0.2, -0.15) is 0 Å². The molecule has 0 unspecified atom stereocenters. The van der Waals surface area contributed by atoms with Gasteiger partial charge in [-0.25, -0.2) is 0 Å². The zero-order valence-corrected chi connectivity index (χ0v) is 16.8. The maximum atomic E-state index is 12.5. The molecule has 2 aromatic rings. The van der Waals surface area contributed by atoms with Crippen LogP contribution in [0.4, 0.5) is 11.5 Å². The monoisotopic (exact) mass is 396 g/mol. The summed E-state index contributed by atoms with van der Waals surface area (Å²) in [6, 6.07) is 14.1. The predicted molar refractivity (Wildman–Crippen MR) is 114 cm³/mol. The smallest absolute Gasteiger partial charge is 0.251 e. The maximum absolute atomic E-state index is 12.5. The second-order valence-corrected chi connectivity index (χ2v) is 7.75. The van der Waals surface area contributed by atoms with E-state index in [0.717, 1.165) is 31.0 Å². The number of aromatic nitrogens is 1. The number of ether oxygens (including phenoxy) is 1. The second kappa shape index (κ2) is 8.69. The zero-order chi connectivity index (χ0) is 20.2. The third-order valence-corrected chi connectivity index (χ3v) is 5.73. The molecule has 0 radical (unpaired) electrons. The van der Waals surface area contributed by atoms with Gasteiger partial charge in [0.15, 0.2) is 0 Å². The SMILES string of the molecule is CN1C[C@H](Cc2ccccc2)N(c2cc(N3CCOCC3)cc(=O)[nH]2)CCC1=O. The van der Waals surface area contributed by atoms with E-state index in [9.17, 15) is 9.59 Å². The van der Waals surface area contributed by atoms with Crippen molar-refractivity contribution in [3.8, 4) is 0 Å². The molecular formula is C22H28N4O3. The van der Waals surface area contributed by atoms with Crippen molar-refractivity contribution in [2.75, 3.05) is 56.2 Å². The van der Waals surface area contributed by atoms with Gasteiger partial charge in [0.1, 0.15) is 5.82 Å². The minimum Gasteiger partial charge on any atom is -0.378 e. The molecular weight excluding hydrogens is 368 g/mol. The topological polar surface area (TPSA) is 68.9 Å². The van der Waals surface area contributed by atoms with Crippen LogP contribution in [-0.2, 0) is 16.0 Å². The van der Waals surface area contributed by atoms with E-state index in [2.05, 4.69) is 26.9 Å². The molecule has 2 fully saturated rings. The number of pyridine rings is 1. The van der Waals surface area contributed by atoms with Crippen LogP contribution in [-0.4, -0.2) is 68.3 Å². The maximum Gasteiger partial charge on any atom is 0.251 e. The number of hydrogen-bond donors (Lipinski definition) is 1. The highest BCUT2D eigenvalue weighted by atomic mass is 16.5. The molecule has 0 aliphatic carbocycles. The Labute approximate surface area is 170 Å². The first-order valence-corrected chi connectivity index (χ1v) is 10.2. The lowest BCUT2D eigenvalue weighted by molar-refractivity contribution is -0.129. The molecule has 0 bridgehead atoms. The number of amides is 1. The fourth-order valence-electron chi connectivity index (χ4n) is 4.16. The highest BCUT2D eigenvalue weighted by Crippen LogP contribution is 2.24. The molecule has 0 spiro atoms. The second-order valence-electron chi connectivity index (χ2n) is 7.75. The normalized spacial score (nSPS) is 20.7. The molecule has 2 aliphatic heterocycles. The van der Waals surface area contributed by atoms with Crippen molar-refractivity contribution in [3.05, 3.63) is 58.4 Å². The molecule has 2 saturated heterocycles. The van der Waals surface area contributed by atoms with Gasteiger partial charge in [-0.3, -0.25) is 9.59 Å². The third-order valence-electron chi connectivity index (χ3n) is 5.73. The van der Waals surface area contributed by atoms with Gasteiger partial charge in [0.25, 0.3) is 5.56 Å². The summed E-state index contributed by atoms with van der Waals surface area (Å²) >= 11 is 0. The highest BCUT2D eigenvalue weighted by molar-refractivity contribution is 5.77. The van der Waals surface area contributed by atoms with Crippen molar-refractivity contribution in [2.24, 2.45) is 0 Å². The first kappa shape index (κ1) is 19.5. The first-order valence-electron chi connectivity index (χ1n) is 10.2. The lowest BCUT2D eigenvalue weighted by atomic mass is 10.0. The van der Waals surface area contributed by atoms with Crippen molar-refractivity contribution < 1.29 is 9.53 Å². The Hall–Kier alpha value is -2.80. The average Bonchev–Trinajstić information content (AvgIpc) is 2.87. The number of carbonyl (C=O) groups excluding carboxylic acids is 1. The Kier molecular flexibility index (Phi) is 5.85. The standard InChI is InChI=1S/C22H28N4O3/c1-24-16-19(13-17-5-3-2-4-6-17)26(8-7-22(24)28)20-14-18(15-21(27)23-20)25-9-11-29-12-10-25/h2-6,14-15,19H,7-13,16H2,1H3,(H,23,27)/t19-/m0/s1. The lowest BCUT2D eigenvalue weighted by Crippen LogP contribution is -2.43. The number of rotatable bonds is 4. The predicted octanol–water partition coefficient (Wildman–Crippen LogP) is 1.49. The summed E-state index contributed by atoms with van der Waals surface area (Å²) in [5.41, 5.74) is 2.01. The van der Waals surface area contributed by atoms with Crippen molar-refractivity contribution in [3.63, 3.8) is 0 Å². The number of anilines is 2. The van der Waals surface area contributed by atoms with Crippen LogP contribution in [0.2, 0.25) is 0 Å². The summed E-state index contributed by atoms with van der Waals surface area (Å²) in [6.45, 7) is 4.10. The lowest BCUT2D eigenvalue weighted by Gasteiger charge is -2.34. The van der Waals surface area contributed by atoms with E-state index in [-0.39, 0.29) is 17.5 Å². The molecule has 154 valence electrons. The van der Waals surface area contributed by atoms with Crippen LogP contribution in [0.5, 0.6) is 0 Å². The van der Waals surface area contributed by atoms with Gasteiger partial charge in [0.05, 0.1) is 19.3 Å². The van der Waals surface area contributed by atoms with Crippen LogP contribution in [0, 0.1) is 0 Å². The Morgan fingerprint density at radius 3 is 2.59 bits per heavy atom. The largest absolute Gasteiger partial charge is 0.378 e. The molecule has 1 aromatic heterocycles. The van der Waals surface area contributed by atoms with Gasteiger partial charge in [0, 0.05) is 57.5 Å². The van der Waals surface area contributed by atoms with Crippen LogP contribution in [0.3, 0.4) is 0 Å². The van der Waals surface area contributed by atoms with E-state index in [1.807, 2.05) is 31.3 Å². The number of morpholine rings is 1. The van der Waals surface area contributed by atoms with Crippen LogP contribution >= 0.6 is 0 Å². The van der Waals surface area contributed by atoms with Gasteiger partial charge < -0.3 is 24.4 Å². The van der Waals surface area contributed by atoms with E-state index in [4.69, 9.17) is 4.74 Å². The van der Waals surface area contributed by atoms with Crippen molar-refractivity contribution in [2.45, 2.75) is 18.9 Å². The molecule has 2 aliphatic rings.